The largest absolute Gasteiger partial charge is 0.349 e. The monoisotopic (exact) mass is 386 g/mol. The van der Waals surface area contributed by atoms with E-state index in [1.807, 2.05) is 18.4 Å². The van der Waals surface area contributed by atoms with E-state index in [4.69, 9.17) is 16.9 Å². The Hall–Kier alpha value is -2.29. The van der Waals surface area contributed by atoms with Gasteiger partial charge < -0.3 is 5.32 Å². The van der Waals surface area contributed by atoms with Crippen LogP contribution in [-0.4, -0.2) is 24.0 Å². The summed E-state index contributed by atoms with van der Waals surface area (Å²) in [6, 6.07) is 13.4. The van der Waals surface area contributed by atoms with Gasteiger partial charge in [-0.25, -0.2) is 0 Å². The van der Waals surface area contributed by atoms with E-state index >= 15 is 0 Å². The second-order valence-electron chi connectivity index (χ2n) is 5.95. The zero-order valence-electron chi connectivity index (χ0n) is 14.7. The van der Waals surface area contributed by atoms with Crippen molar-refractivity contribution < 1.29 is 9.59 Å². The third kappa shape index (κ3) is 4.66. The van der Waals surface area contributed by atoms with Crippen molar-refractivity contribution in [2.75, 3.05) is 6.26 Å². The van der Waals surface area contributed by atoms with Gasteiger partial charge in [-0.15, -0.1) is 11.8 Å². The summed E-state index contributed by atoms with van der Waals surface area (Å²) in [5, 5.41) is 12.1. The molecule has 0 saturated carbocycles. The molecule has 2 atom stereocenters. The van der Waals surface area contributed by atoms with Crippen LogP contribution < -0.4 is 5.32 Å². The number of hydrogen-bond acceptors (Lipinski definition) is 4. The summed E-state index contributed by atoms with van der Waals surface area (Å²) in [4.78, 5) is 26.1. The second-order valence-corrected chi connectivity index (χ2v) is 7.24. The molecule has 0 fully saturated rings. The van der Waals surface area contributed by atoms with Crippen molar-refractivity contribution in [3.63, 3.8) is 0 Å². The lowest BCUT2D eigenvalue weighted by Gasteiger charge is -2.21. The van der Waals surface area contributed by atoms with Crippen LogP contribution in [0.15, 0.2) is 47.4 Å². The molecule has 0 aromatic heterocycles. The highest BCUT2D eigenvalue weighted by Gasteiger charge is 2.24. The van der Waals surface area contributed by atoms with Crippen molar-refractivity contribution in [2.45, 2.75) is 24.8 Å². The highest BCUT2D eigenvalue weighted by molar-refractivity contribution is 7.98. The molecule has 4 nitrogen and oxygen atoms in total. The summed E-state index contributed by atoms with van der Waals surface area (Å²) >= 11 is 7.66. The second kappa shape index (κ2) is 8.88. The molecular formula is C20H19ClN2O2S. The highest BCUT2D eigenvalue weighted by Crippen LogP contribution is 2.23. The van der Waals surface area contributed by atoms with Gasteiger partial charge in [-0.3, -0.25) is 9.59 Å². The first-order valence-corrected chi connectivity index (χ1v) is 9.66. The summed E-state index contributed by atoms with van der Waals surface area (Å²) in [7, 11) is 0. The predicted octanol–water partition coefficient (Wildman–Crippen LogP) is 4.57. The molecule has 2 rings (SSSR count). The fraction of sp³-hybridized carbons (Fsp3) is 0.250. The average Bonchev–Trinajstić information content (AvgIpc) is 2.67. The summed E-state index contributed by atoms with van der Waals surface area (Å²) in [5.41, 5.74) is 1.40. The Bertz CT molecular complexity index is 859. The van der Waals surface area contributed by atoms with Crippen molar-refractivity contribution in [2.24, 2.45) is 5.92 Å². The van der Waals surface area contributed by atoms with Gasteiger partial charge in [0.05, 0.1) is 22.2 Å². The zero-order valence-corrected chi connectivity index (χ0v) is 16.3. The molecule has 0 radical (unpaired) electrons. The van der Waals surface area contributed by atoms with Gasteiger partial charge in [-0.2, -0.15) is 5.26 Å². The Labute approximate surface area is 162 Å². The summed E-state index contributed by atoms with van der Waals surface area (Å²) < 4.78 is 0. The van der Waals surface area contributed by atoms with Crippen molar-refractivity contribution in [1.82, 2.24) is 5.32 Å². The Balaban J connectivity index is 2.10. The lowest BCUT2D eigenvalue weighted by Crippen LogP contribution is -2.40. The Morgan fingerprint density at radius 2 is 1.81 bits per heavy atom. The molecule has 2 aromatic carbocycles. The number of nitrogens with zero attached hydrogens (tertiary/aromatic N) is 1. The number of Topliss-reactive ketones (excluding diaryl/α,β-unsaturated/α-hetero) is 1. The fourth-order valence-corrected chi connectivity index (χ4v) is 3.06. The molecule has 0 bridgehead atoms. The van der Waals surface area contributed by atoms with Gasteiger partial charge in [0.2, 0.25) is 0 Å². The first-order valence-electron chi connectivity index (χ1n) is 8.06. The summed E-state index contributed by atoms with van der Waals surface area (Å²) in [6.07, 6.45) is 1.92. The third-order valence-corrected chi connectivity index (χ3v) is 5.29. The minimum Gasteiger partial charge on any atom is -0.349 e. The van der Waals surface area contributed by atoms with Gasteiger partial charge in [0.15, 0.2) is 5.78 Å². The maximum absolute atomic E-state index is 12.6. The summed E-state index contributed by atoms with van der Waals surface area (Å²) in [5.74, 6) is -0.821. The van der Waals surface area contributed by atoms with Crippen LogP contribution in [-0.2, 0) is 0 Å². The van der Waals surface area contributed by atoms with Crippen molar-refractivity contribution in [1.29, 1.82) is 5.26 Å². The first-order chi connectivity index (χ1) is 12.4. The van der Waals surface area contributed by atoms with E-state index in [1.54, 1.807) is 50.2 Å². The van der Waals surface area contributed by atoms with Gasteiger partial charge in [0, 0.05) is 22.4 Å². The number of ketones is 1. The number of halogens is 1. The Morgan fingerprint density at radius 1 is 1.15 bits per heavy atom. The SMILES string of the molecule is CSc1ccc(Cl)c(C(=O)NC(C)C(C)C(=O)c2ccc(C#N)cc2)c1. The molecule has 0 aliphatic carbocycles. The quantitative estimate of drug-likeness (QED) is 0.583. The number of benzene rings is 2. The van der Waals surface area contributed by atoms with E-state index in [0.717, 1.165) is 4.90 Å². The molecule has 134 valence electrons. The minimum atomic E-state index is -0.422. The van der Waals surface area contributed by atoms with E-state index < -0.39 is 5.92 Å². The van der Waals surface area contributed by atoms with Crippen LogP contribution in [0, 0.1) is 17.2 Å². The minimum absolute atomic E-state index is 0.0914. The molecule has 0 aliphatic rings. The molecule has 0 aliphatic heterocycles. The predicted molar refractivity (Wildman–Crippen MR) is 105 cm³/mol. The van der Waals surface area contributed by atoms with Crippen molar-refractivity contribution in [3.05, 3.63) is 64.2 Å². The van der Waals surface area contributed by atoms with Crippen molar-refractivity contribution >= 4 is 35.1 Å². The van der Waals surface area contributed by atoms with E-state index in [-0.39, 0.29) is 17.7 Å². The number of carbonyl (C=O) groups is 2. The molecule has 6 heteroatoms. The number of carbonyl (C=O) groups excluding carboxylic acids is 2. The topological polar surface area (TPSA) is 70.0 Å². The van der Waals surface area contributed by atoms with Gasteiger partial charge >= 0.3 is 0 Å². The van der Waals surface area contributed by atoms with E-state index in [2.05, 4.69) is 5.32 Å². The number of hydrogen-bond donors (Lipinski definition) is 1. The molecule has 2 unspecified atom stereocenters. The van der Waals surface area contributed by atoms with Crippen LogP contribution in [0.25, 0.3) is 0 Å². The number of nitrogens with one attached hydrogen (secondary N) is 1. The maximum atomic E-state index is 12.6. The van der Waals surface area contributed by atoms with Crippen LogP contribution in [0.2, 0.25) is 5.02 Å². The molecule has 26 heavy (non-hydrogen) atoms. The van der Waals surface area contributed by atoms with Crippen molar-refractivity contribution in [3.8, 4) is 6.07 Å². The molecule has 1 amide bonds. The molecular weight excluding hydrogens is 368 g/mol. The number of thioether (sulfide) groups is 1. The smallest absolute Gasteiger partial charge is 0.253 e. The lowest BCUT2D eigenvalue weighted by atomic mass is 9.92. The van der Waals surface area contributed by atoms with Gasteiger partial charge in [-0.05, 0) is 43.5 Å². The van der Waals surface area contributed by atoms with Crippen LogP contribution in [0.1, 0.15) is 40.1 Å². The number of amides is 1. The average molecular weight is 387 g/mol. The molecule has 2 aromatic rings. The Morgan fingerprint density at radius 3 is 2.38 bits per heavy atom. The molecule has 0 heterocycles. The van der Waals surface area contributed by atoms with Crippen LogP contribution in [0.4, 0.5) is 0 Å². The van der Waals surface area contributed by atoms with E-state index in [9.17, 15) is 9.59 Å². The standard InChI is InChI=1S/C20H19ClN2O2S/c1-12(19(24)15-6-4-14(11-22)5-7-15)13(2)23-20(25)17-10-16(26-3)8-9-18(17)21/h4-10,12-13H,1-3H3,(H,23,25). The van der Waals surface area contributed by atoms with Crippen LogP contribution in [0.5, 0.6) is 0 Å². The molecule has 0 spiro atoms. The van der Waals surface area contributed by atoms with Gasteiger partial charge in [0.1, 0.15) is 0 Å². The number of nitriles is 1. The van der Waals surface area contributed by atoms with Crippen LogP contribution in [0.3, 0.4) is 0 Å². The third-order valence-electron chi connectivity index (χ3n) is 4.24. The van der Waals surface area contributed by atoms with E-state index in [1.165, 1.54) is 11.8 Å². The summed E-state index contributed by atoms with van der Waals surface area (Å²) in [6.45, 7) is 3.56. The fourth-order valence-electron chi connectivity index (χ4n) is 2.41. The Kier molecular flexibility index (Phi) is 6.84. The number of rotatable bonds is 6. The maximum Gasteiger partial charge on any atom is 0.253 e. The first kappa shape index (κ1) is 20.0. The van der Waals surface area contributed by atoms with Gasteiger partial charge in [-0.1, -0.05) is 30.7 Å². The normalized spacial score (nSPS) is 12.7. The van der Waals surface area contributed by atoms with E-state index in [0.29, 0.717) is 21.7 Å². The highest BCUT2D eigenvalue weighted by atomic mass is 35.5. The lowest BCUT2D eigenvalue weighted by molar-refractivity contribution is 0.0868. The van der Waals surface area contributed by atoms with Crippen LogP contribution >= 0.6 is 23.4 Å². The van der Waals surface area contributed by atoms with Gasteiger partial charge in [0.25, 0.3) is 5.91 Å². The zero-order chi connectivity index (χ0) is 19.3. The molecule has 1 N–H and O–H groups in total. The molecule has 0 saturated heterocycles.